The summed E-state index contributed by atoms with van der Waals surface area (Å²) in [5.41, 5.74) is 2.39. The van der Waals surface area contributed by atoms with Gasteiger partial charge in [0, 0.05) is 0 Å². The highest BCUT2D eigenvalue weighted by Gasteiger charge is 2.09. The van der Waals surface area contributed by atoms with E-state index < -0.39 is 0 Å². The van der Waals surface area contributed by atoms with Gasteiger partial charge in [-0.1, -0.05) is 31.2 Å². The molecule has 2 N–H and O–H groups in total. The standard InChI is InChI=1S/C19H24O4/c1-15(17-5-3-7-19(14-17)23-11-9-21)12-16-4-2-6-18(13-16)22-10-8-20/h2-7,13-15,20-21H,8-12H2,1H3. The molecule has 0 aliphatic heterocycles. The van der Waals surface area contributed by atoms with Crippen LogP contribution < -0.4 is 9.47 Å². The highest BCUT2D eigenvalue weighted by atomic mass is 16.5. The number of hydrogen-bond donors (Lipinski definition) is 2. The Morgan fingerprint density at radius 1 is 0.870 bits per heavy atom. The number of aliphatic hydroxyl groups excluding tert-OH is 2. The van der Waals surface area contributed by atoms with Crippen molar-refractivity contribution in [1.82, 2.24) is 0 Å². The number of benzene rings is 2. The van der Waals surface area contributed by atoms with Crippen molar-refractivity contribution in [2.24, 2.45) is 0 Å². The molecule has 0 aromatic heterocycles. The van der Waals surface area contributed by atoms with Gasteiger partial charge in [0.05, 0.1) is 13.2 Å². The fraction of sp³-hybridized carbons (Fsp3) is 0.368. The van der Waals surface area contributed by atoms with Crippen LogP contribution in [0.25, 0.3) is 0 Å². The molecule has 0 bridgehead atoms. The van der Waals surface area contributed by atoms with Gasteiger partial charge in [-0.3, -0.25) is 0 Å². The average Bonchev–Trinajstić information content (AvgIpc) is 2.58. The van der Waals surface area contributed by atoms with E-state index in [0.717, 1.165) is 17.9 Å². The van der Waals surface area contributed by atoms with Crippen molar-refractivity contribution in [2.45, 2.75) is 19.3 Å². The Kier molecular flexibility index (Phi) is 6.91. The van der Waals surface area contributed by atoms with E-state index in [0.29, 0.717) is 19.1 Å². The number of hydrogen-bond acceptors (Lipinski definition) is 4. The molecule has 2 rings (SSSR count). The minimum atomic E-state index is 0.0143. The zero-order chi connectivity index (χ0) is 16.5. The van der Waals surface area contributed by atoms with Crippen molar-refractivity contribution in [3.8, 4) is 11.5 Å². The van der Waals surface area contributed by atoms with Crippen LogP contribution in [-0.4, -0.2) is 36.6 Å². The van der Waals surface area contributed by atoms with Gasteiger partial charge in [0.2, 0.25) is 0 Å². The Bertz CT molecular complexity index is 597. The first-order chi connectivity index (χ1) is 11.2. The van der Waals surface area contributed by atoms with Gasteiger partial charge < -0.3 is 19.7 Å². The summed E-state index contributed by atoms with van der Waals surface area (Å²) in [6.45, 7) is 2.82. The van der Waals surface area contributed by atoms with Crippen LogP contribution in [0.15, 0.2) is 48.5 Å². The second kappa shape index (κ2) is 9.18. The van der Waals surface area contributed by atoms with Crippen molar-refractivity contribution in [3.05, 3.63) is 59.7 Å². The summed E-state index contributed by atoms with van der Waals surface area (Å²) in [6, 6.07) is 15.9. The first-order valence-corrected chi connectivity index (χ1v) is 7.89. The Hall–Kier alpha value is -2.04. The molecule has 0 aliphatic carbocycles. The van der Waals surface area contributed by atoms with Crippen molar-refractivity contribution in [2.75, 3.05) is 26.4 Å². The molecular formula is C19H24O4. The maximum atomic E-state index is 8.84. The second-order valence-electron chi connectivity index (χ2n) is 5.47. The quantitative estimate of drug-likeness (QED) is 0.747. The average molecular weight is 316 g/mol. The summed E-state index contributed by atoms with van der Waals surface area (Å²) < 4.78 is 10.9. The molecule has 0 aliphatic rings. The molecule has 1 unspecified atom stereocenters. The van der Waals surface area contributed by atoms with Crippen LogP contribution >= 0.6 is 0 Å². The third-order valence-electron chi connectivity index (χ3n) is 3.59. The second-order valence-corrected chi connectivity index (χ2v) is 5.47. The number of rotatable bonds is 9. The molecule has 2 aromatic rings. The molecule has 0 saturated carbocycles. The molecule has 4 heteroatoms. The molecule has 1 atom stereocenters. The van der Waals surface area contributed by atoms with E-state index in [4.69, 9.17) is 19.7 Å². The third-order valence-corrected chi connectivity index (χ3v) is 3.59. The fourth-order valence-electron chi connectivity index (χ4n) is 2.47. The Labute approximate surface area is 137 Å². The zero-order valence-corrected chi connectivity index (χ0v) is 13.4. The molecule has 0 heterocycles. The van der Waals surface area contributed by atoms with Gasteiger partial charge in [0.15, 0.2) is 0 Å². The van der Waals surface area contributed by atoms with Gasteiger partial charge >= 0.3 is 0 Å². The Balaban J connectivity index is 2.02. The molecule has 0 radical (unpaired) electrons. The van der Waals surface area contributed by atoms with Crippen LogP contribution in [0.1, 0.15) is 24.0 Å². The maximum absolute atomic E-state index is 8.84. The Morgan fingerprint density at radius 3 is 2.13 bits per heavy atom. The van der Waals surface area contributed by atoms with Gasteiger partial charge in [0.1, 0.15) is 24.7 Å². The normalized spacial score (nSPS) is 12.0. The molecular weight excluding hydrogens is 292 g/mol. The van der Waals surface area contributed by atoms with E-state index in [1.807, 2.05) is 36.4 Å². The molecule has 0 amide bonds. The lowest BCUT2D eigenvalue weighted by molar-refractivity contribution is 0.201. The van der Waals surface area contributed by atoms with Crippen molar-refractivity contribution >= 4 is 0 Å². The van der Waals surface area contributed by atoms with E-state index in [9.17, 15) is 0 Å². The number of aliphatic hydroxyl groups is 2. The van der Waals surface area contributed by atoms with E-state index in [1.165, 1.54) is 11.1 Å². The van der Waals surface area contributed by atoms with Crippen molar-refractivity contribution in [3.63, 3.8) is 0 Å². The minimum absolute atomic E-state index is 0.0143. The topological polar surface area (TPSA) is 58.9 Å². The molecule has 23 heavy (non-hydrogen) atoms. The number of ether oxygens (including phenoxy) is 2. The minimum Gasteiger partial charge on any atom is -0.491 e. The summed E-state index contributed by atoms with van der Waals surface area (Å²) in [4.78, 5) is 0. The van der Waals surface area contributed by atoms with E-state index in [-0.39, 0.29) is 13.2 Å². The lowest BCUT2D eigenvalue weighted by atomic mass is 9.93. The molecule has 124 valence electrons. The van der Waals surface area contributed by atoms with E-state index in [2.05, 4.69) is 19.1 Å². The van der Waals surface area contributed by atoms with Crippen LogP contribution in [0.4, 0.5) is 0 Å². The van der Waals surface area contributed by atoms with Crippen LogP contribution in [0.2, 0.25) is 0 Å². The first kappa shape index (κ1) is 17.3. The Morgan fingerprint density at radius 2 is 1.48 bits per heavy atom. The fourth-order valence-corrected chi connectivity index (χ4v) is 2.47. The van der Waals surface area contributed by atoms with Gasteiger partial charge in [-0.25, -0.2) is 0 Å². The monoisotopic (exact) mass is 316 g/mol. The largest absolute Gasteiger partial charge is 0.491 e. The summed E-state index contributed by atoms with van der Waals surface area (Å²) in [5, 5.41) is 17.7. The highest BCUT2D eigenvalue weighted by molar-refractivity contribution is 5.34. The summed E-state index contributed by atoms with van der Waals surface area (Å²) >= 11 is 0. The molecule has 4 nitrogen and oxygen atoms in total. The molecule has 0 fully saturated rings. The van der Waals surface area contributed by atoms with Crippen molar-refractivity contribution in [1.29, 1.82) is 0 Å². The van der Waals surface area contributed by atoms with Gasteiger partial charge in [-0.2, -0.15) is 0 Å². The predicted molar refractivity (Wildman–Crippen MR) is 90.2 cm³/mol. The van der Waals surface area contributed by atoms with Gasteiger partial charge in [-0.15, -0.1) is 0 Å². The van der Waals surface area contributed by atoms with Gasteiger partial charge in [-0.05, 0) is 47.7 Å². The van der Waals surface area contributed by atoms with Crippen molar-refractivity contribution < 1.29 is 19.7 Å². The SMILES string of the molecule is CC(Cc1cccc(OCCO)c1)c1cccc(OCCO)c1. The lowest BCUT2D eigenvalue weighted by Gasteiger charge is -2.14. The lowest BCUT2D eigenvalue weighted by Crippen LogP contribution is -2.04. The maximum Gasteiger partial charge on any atom is 0.119 e. The molecule has 0 spiro atoms. The summed E-state index contributed by atoms with van der Waals surface area (Å²) in [7, 11) is 0. The molecule has 2 aromatic carbocycles. The third kappa shape index (κ3) is 5.58. The summed E-state index contributed by atoms with van der Waals surface area (Å²) in [5.74, 6) is 1.90. The van der Waals surface area contributed by atoms with Crippen LogP contribution in [0.5, 0.6) is 11.5 Å². The smallest absolute Gasteiger partial charge is 0.119 e. The van der Waals surface area contributed by atoms with E-state index in [1.54, 1.807) is 0 Å². The zero-order valence-electron chi connectivity index (χ0n) is 13.4. The molecule has 0 saturated heterocycles. The van der Waals surface area contributed by atoms with Crippen LogP contribution in [0, 0.1) is 0 Å². The predicted octanol–water partition coefficient (Wildman–Crippen LogP) is 2.78. The highest BCUT2D eigenvalue weighted by Crippen LogP contribution is 2.25. The van der Waals surface area contributed by atoms with Gasteiger partial charge in [0.25, 0.3) is 0 Å². The van der Waals surface area contributed by atoms with Crippen LogP contribution in [-0.2, 0) is 6.42 Å². The van der Waals surface area contributed by atoms with Crippen LogP contribution in [0.3, 0.4) is 0 Å². The summed E-state index contributed by atoms with van der Waals surface area (Å²) in [6.07, 6.45) is 0.889. The first-order valence-electron chi connectivity index (χ1n) is 7.89. The van der Waals surface area contributed by atoms with E-state index >= 15 is 0 Å².